The number of carboxylic acid groups (broad SMARTS) is 1. The van der Waals surface area contributed by atoms with E-state index in [4.69, 9.17) is 5.11 Å². The highest BCUT2D eigenvalue weighted by Gasteiger charge is 2.28. The smallest absolute Gasteiger partial charge is 0.406 e. The number of nitrogens with zero attached hydrogens (tertiary/aromatic N) is 1. The lowest BCUT2D eigenvalue weighted by Gasteiger charge is -2.39. The number of amides is 1. The van der Waals surface area contributed by atoms with E-state index < -0.39 is 6.09 Å². The van der Waals surface area contributed by atoms with Gasteiger partial charge in [0.05, 0.1) is 0 Å². The highest BCUT2D eigenvalue weighted by atomic mass is 16.4. The van der Waals surface area contributed by atoms with Crippen molar-refractivity contribution in [2.45, 2.75) is 38.4 Å². The fourth-order valence-electron chi connectivity index (χ4n) is 2.61. The Morgan fingerprint density at radius 3 is 2.72 bits per heavy atom. The second-order valence-corrected chi connectivity index (χ2v) is 4.85. The van der Waals surface area contributed by atoms with E-state index in [-0.39, 0.29) is 6.17 Å². The van der Waals surface area contributed by atoms with Crippen LogP contribution in [0.3, 0.4) is 0 Å². The zero-order valence-corrected chi connectivity index (χ0v) is 10.7. The lowest BCUT2D eigenvalue weighted by molar-refractivity contribution is 0.0818. The number of rotatable bonds is 3. The Kier molecular flexibility index (Phi) is 4.20. The van der Waals surface area contributed by atoms with Crippen molar-refractivity contribution < 1.29 is 9.90 Å². The highest BCUT2D eigenvalue weighted by molar-refractivity contribution is 5.65. The van der Waals surface area contributed by atoms with Gasteiger partial charge in [0.25, 0.3) is 0 Å². The van der Waals surface area contributed by atoms with Gasteiger partial charge in [0.15, 0.2) is 0 Å². The summed E-state index contributed by atoms with van der Waals surface area (Å²) in [5.74, 6) is 0. The van der Waals surface area contributed by atoms with Crippen LogP contribution in [-0.2, 0) is 0 Å². The summed E-state index contributed by atoms with van der Waals surface area (Å²) in [5.41, 5.74) is 1.01. The first-order valence-electron chi connectivity index (χ1n) is 6.48. The second-order valence-electron chi connectivity index (χ2n) is 4.85. The summed E-state index contributed by atoms with van der Waals surface area (Å²) in [7, 11) is 0. The minimum Gasteiger partial charge on any atom is -0.465 e. The van der Waals surface area contributed by atoms with E-state index in [1.54, 1.807) is 0 Å². The van der Waals surface area contributed by atoms with Gasteiger partial charge in [-0.1, -0.05) is 36.8 Å². The largest absolute Gasteiger partial charge is 0.465 e. The van der Waals surface area contributed by atoms with Crippen LogP contribution in [-0.4, -0.2) is 28.7 Å². The third-order valence-corrected chi connectivity index (χ3v) is 3.56. The molecule has 98 valence electrons. The molecule has 0 saturated carbocycles. The number of carbonyl (C=O) groups is 1. The van der Waals surface area contributed by atoms with Crippen molar-refractivity contribution in [3.05, 3.63) is 35.9 Å². The lowest BCUT2D eigenvalue weighted by atomic mass is 10.0. The van der Waals surface area contributed by atoms with Crippen LogP contribution in [0.4, 0.5) is 4.79 Å². The van der Waals surface area contributed by atoms with E-state index in [0.29, 0.717) is 6.04 Å². The Hall–Kier alpha value is -1.55. The molecule has 0 bridgehead atoms. The molecule has 1 saturated heterocycles. The van der Waals surface area contributed by atoms with E-state index in [0.717, 1.165) is 24.9 Å². The molecule has 0 aromatic heterocycles. The van der Waals surface area contributed by atoms with Gasteiger partial charge >= 0.3 is 6.09 Å². The molecule has 1 aromatic rings. The molecule has 0 spiro atoms. The van der Waals surface area contributed by atoms with E-state index >= 15 is 0 Å². The van der Waals surface area contributed by atoms with Crippen LogP contribution in [0, 0.1) is 0 Å². The topological polar surface area (TPSA) is 52.6 Å². The molecule has 4 heteroatoms. The molecule has 0 radical (unpaired) electrons. The predicted molar refractivity (Wildman–Crippen MR) is 70.4 cm³/mol. The first-order valence-corrected chi connectivity index (χ1v) is 6.48. The van der Waals surface area contributed by atoms with Gasteiger partial charge in [0.2, 0.25) is 0 Å². The average Bonchev–Trinajstić information content (AvgIpc) is 2.38. The first kappa shape index (κ1) is 12.9. The van der Waals surface area contributed by atoms with E-state index in [2.05, 4.69) is 17.1 Å². The van der Waals surface area contributed by atoms with Crippen molar-refractivity contribution in [1.82, 2.24) is 10.2 Å². The Balaban J connectivity index is 2.21. The highest BCUT2D eigenvalue weighted by Crippen LogP contribution is 2.26. The van der Waals surface area contributed by atoms with Crippen LogP contribution in [0.2, 0.25) is 0 Å². The number of likely N-dealkylation sites (tertiary alicyclic amines) is 1. The number of piperidine rings is 1. The van der Waals surface area contributed by atoms with Gasteiger partial charge in [0, 0.05) is 12.6 Å². The minimum absolute atomic E-state index is 0.237. The van der Waals surface area contributed by atoms with Crippen molar-refractivity contribution in [1.29, 1.82) is 0 Å². The van der Waals surface area contributed by atoms with E-state index in [1.807, 2.05) is 30.3 Å². The van der Waals surface area contributed by atoms with Crippen LogP contribution in [0.25, 0.3) is 0 Å². The quantitative estimate of drug-likeness (QED) is 0.864. The Labute approximate surface area is 108 Å². The number of nitrogens with one attached hydrogen (secondary N) is 1. The van der Waals surface area contributed by atoms with Crippen molar-refractivity contribution in [2.24, 2.45) is 0 Å². The minimum atomic E-state index is -0.971. The van der Waals surface area contributed by atoms with Crippen molar-refractivity contribution in [2.75, 3.05) is 6.54 Å². The average molecular weight is 248 g/mol. The predicted octanol–water partition coefficient (Wildman–Crippen LogP) is 2.83. The van der Waals surface area contributed by atoms with Crippen LogP contribution in [0.1, 0.15) is 37.9 Å². The van der Waals surface area contributed by atoms with Crippen molar-refractivity contribution in [3.8, 4) is 0 Å². The molecule has 0 aliphatic carbocycles. The third-order valence-electron chi connectivity index (χ3n) is 3.56. The monoisotopic (exact) mass is 248 g/mol. The molecule has 4 nitrogen and oxygen atoms in total. The Bertz CT molecular complexity index is 394. The third kappa shape index (κ3) is 3.01. The Morgan fingerprint density at radius 1 is 1.39 bits per heavy atom. The van der Waals surface area contributed by atoms with Crippen molar-refractivity contribution in [3.63, 3.8) is 0 Å². The fourth-order valence-corrected chi connectivity index (χ4v) is 2.61. The van der Waals surface area contributed by atoms with Crippen molar-refractivity contribution >= 4 is 6.09 Å². The SMILES string of the molecule is CC1CCCCN1C(NC(=O)O)c1ccccc1. The van der Waals surface area contributed by atoms with Gasteiger partial charge in [-0.25, -0.2) is 4.79 Å². The van der Waals surface area contributed by atoms with Crippen LogP contribution >= 0.6 is 0 Å². The molecule has 1 amide bonds. The van der Waals surface area contributed by atoms with Crippen LogP contribution in [0.5, 0.6) is 0 Å². The first-order chi connectivity index (χ1) is 8.68. The molecule has 1 aliphatic heterocycles. The zero-order valence-electron chi connectivity index (χ0n) is 10.7. The molecular weight excluding hydrogens is 228 g/mol. The molecule has 2 N–H and O–H groups in total. The Morgan fingerprint density at radius 2 is 2.11 bits per heavy atom. The maximum Gasteiger partial charge on any atom is 0.406 e. The molecule has 2 rings (SSSR count). The number of hydrogen-bond acceptors (Lipinski definition) is 2. The van der Waals surface area contributed by atoms with Gasteiger partial charge in [-0.3, -0.25) is 4.90 Å². The second kappa shape index (κ2) is 5.87. The van der Waals surface area contributed by atoms with Gasteiger partial charge in [-0.15, -0.1) is 0 Å². The van der Waals surface area contributed by atoms with Gasteiger partial charge in [0.1, 0.15) is 6.17 Å². The number of benzene rings is 1. The zero-order chi connectivity index (χ0) is 13.0. The summed E-state index contributed by atoms with van der Waals surface area (Å²) in [6.07, 6.45) is 2.28. The normalized spacial score (nSPS) is 22.4. The lowest BCUT2D eigenvalue weighted by Crippen LogP contribution is -2.47. The summed E-state index contributed by atoms with van der Waals surface area (Å²) < 4.78 is 0. The maximum absolute atomic E-state index is 11.0. The standard InChI is InChI=1S/C14H20N2O2/c1-11-7-5-6-10-16(11)13(15-14(17)18)12-8-3-2-4-9-12/h2-4,8-9,11,13,15H,5-7,10H2,1H3,(H,17,18). The molecule has 1 heterocycles. The molecule has 1 fully saturated rings. The summed E-state index contributed by atoms with van der Waals surface area (Å²) in [6.45, 7) is 3.11. The summed E-state index contributed by atoms with van der Waals surface area (Å²) in [5, 5.41) is 11.7. The maximum atomic E-state index is 11.0. The molecule has 2 atom stereocenters. The molecule has 18 heavy (non-hydrogen) atoms. The summed E-state index contributed by atoms with van der Waals surface area (Å²) >= 11 is 0. The molecule has 2 unspecified atom stereocenters. The van der Waals surface area contributed by atoms with Gasteiger partial charge in [-0.05, 0) is 25.3 Å². The van der Waals surface area contributed by atoms with Crippen LogP contribution < -0.4 is 5.32 Å². The molecular formula is C14H20N2O2. The van der Waals surface area contributed by atoms with Crippen LogP contribution in [0.15, 0.2) is 30.3 Å². The van der Waals surface area contributed by atoms with E-state index in [9.17, 15) is 4.79 Å². The summed E-state index contributed by atoms with van der Waals surface area (Å²) in [4.78, 5) is 13.2. The summed E-state index contributed by atoms with van der Waals surface area (Å²) in [6, 6.07) is 10.2. The molecule has 1 aliphatic rings. The molecule has 1 aromatic carbocycles. The fraction of sp³-hybridized carbons (Fsp3) is 0.500. The van der Waals surface area contributed by atoms with Gasteiger partial charge < -0.3 is 10.4 Å². The van der Waals surface area contributed by atoms with Gasteiger partial charge in [-0.2, -0.15) is 0 Å². The van der Waals surface area contributed by atoms with E-state index in [1.165, 1.54) is 6.42 Å². The number of hydrogen-bond donors (Lipinski definition) is 2.